The van der Waals surface area contributed by atoms with Gasteiger partial charge in [0, 0.05) is 13.6 Å². The molecule has 0 fully saturated rings. The van der Waals surface area contributed by atoms with E-state index in [9.17, 15) is 9.59 Å². The van der Waals surface area contributed by atoms with Crippen LogP contribution in [0.4, 0.5) is 5.69 Å². The number of halogens is 3. The SMILES string of the molecule is CC(c1ccc(Cl)cc1)N1C(=O)c2cc(I)ccc2N=C(NCC(N)=O)C1c1ccc(Cl)cc1. The number of amides is 2. The zero-order valence-electron chi connectivity index (χ0n) is 18.1. The van der Waals surface area contributed by atoms with E-state index in [1.807, 2.05) is 43.3 Å². The van der Waals surface area contributed by atoms with Crippen molar-refractivity contribution >= 4 is 69.1 Å². The average molecular weight is 607 g/mol. The summed E-state index contributed by atoms with van der Waals surface area (Å²) in [5, 5.41) is 4.25. The summed E-state index contributed by atoms with van der Waals surface area (Å²) >= 11 is 14.4. The van der Waals surface area contributed by atoms with Gasteiger partial charge in [0.25, 0.3) is 5.91 Å². The number of benzene rings is 3. The van der Waals surface area contributed by atoms with Crippen LogP contribution in [0.25, 0.3) is 0 Å². The second kappa shape index (κ2) is 10.3. The molecule has 9 heteroatoms. The number of nitrogens with zero attached hydrogens (tertiary/aromatic N) is 2. The van der Waals surface area contributed by atoms with Crippen molar-refractivity contribution < 1.29 is 9.59 Å². The number of hydrogen-bond acceptors (Lipinski definition) is 4. The number of hydrogen-bond donors (Lipinski definition) is 2. The molecule has 6 nitrogen and oxygen atoms in total. The molecule has 2 amide bonds. The predicted octanol–water partition coefficient (Wildman–Crippen LogP) is 5.66. The average Bonchev–Trinajstić information content (AvgIpc) is 2.93. The summed E-state index contributed by atoms with van der Waals surface area (Å²) < 4.78 is 0.913. The second-order valence-electron chi connectivity index (χ2n) is 7.87. The summed E-state index contributed by atoms with van der Waals surface area (Å²) in [5.74, 6) is -0.279. The minimum absolute atomic E-state index is 0.125. The molecule has 4 rings (SSSR count). The van der Waals surface area contributed by atoms with E-state index in [1.54, 1.807) is 35.2 Å². The number of rotatable bonds is 5. The lowest BCUT2D eigenvalue weighted by Crippen LogP contribution is -2.45. The van der Waals surface area contributed by atoms with Crippen LogP contribution in [0.2, 0.25) is 10.0 Å². The number of primary amides is 1. The molecule has 34 heavy (non-hydrogen) atoms. The van der Waals surface area contributed by atoms with Gasteiger partial charge >= 0.3 is 0 Å². The Morgan fingerprint density at radius 3 is 2.32 bits per heavy atom. The van der Waals surface area contributed by atoms with Crippen LogP contribution in [0.1, 0.15) is 40.5 Å². The molecule has 3 aromatic rings. The molecule has 0 spiro atoms. The molecule has 3 aromatic carbocycles. The summed E-state index contributed by atoms with van der Waals surface area (Å²) in [6.45, 7) is 1.83. The van der Waals surface area contributed by atoms with Crippen molar-refractivity contribution in [3.8, 4) is 0 Å². The Morgan fingerprint density at radius 2 is 1.71 bits per heavy atom. The number of fused-ring (bicyclic) bond motifs is 1. The van der Waals surface area contributed by atoms with E-state index in [1.165, 1.54) is 0 Å². The lowest BCUT2D eigenvalue weighted by Gasteiger charge is -2.37. The molecular formula is C25H21Cl2IN4O2. The van der Waals surface area contributed by atoms with Gasteiger partial charge in [0.15, 0.2) is 0 Å². The van der Waals surface area contributed by atoms with Gasteiger partial charge in [0.05, 0.1) is 23.8 Å². The van der Waals surface area contributed by atoms with Crippen molar-refractivity contribution in [1.82, 2.24) is 10.2 Å². The summed E-state index contributed by atoms with van der Waals surface area (Å²) in [4.78, 5) is 32.3. The summed E-state index contributed by atoms with van der Waals surface area (Å²) in [6.07, 6.45) is 0. The molecular weight excluding hydrogens is 586 g/mol. The lowest BCUT2D eigenvalue weighted by atomic mass is 9.98. The molecule has 0 saturated carbocycles. The molecule has 0 bridgehead atoms. The zero-order valence-corrected chi connectivity index (χ0v) is 21.8. The van der Waals surface area contributed by atoms with Crippen molar-refractivity contribution in [3.63, 3.8) is 0 Å². The van der Waals surface area contributed by atoms with Crippen LogP contribution in [0, 0.1) is 3.57 Å². The first kappa shape index (κ1) is 24.5. The minimum atomic E-state index is -0.625. The quantitative estimate of drug-likeness (QED) is 0.367. The van der Waals surface area contributed by atoms with Gasteiger partial charge in [-0.1, -0.05) is 47.5 Å². The smallest absolute Gasteiger partial charge is 0.257 e. The number of carbonyl (C=O) groups is 2. The van der Waals surface area contributed by atoms with E-state index in [0.29, 0.717) is 27.1 Å². The normalized spacial score (nSPS) is 16.4. The fraction of sp³-hybridized carbons (Fsp3) is 0.160. The van der Waals surface area contributed by atoms with Crippen molar-refractivity contribution in [3.05, 3.63) is 97.0 Å². The van der Waals surface area contributed by atoms with E-state index in [0.717, 1.165) is 14.7 Å². The predicted molar refractivity (Wildman–Crippen MR) is 144 cm³/mol. The van der Waals surface area contributed by atoms with Crippen molar-refractivity contribution in [2.45, 2.75) is 19.0 Å². The molecule has 174 valence electrons. The molecule has 3 N–H and O–H groups in total. The van der Waals surface area contributed by atoms with Crippen LogP contribution in [0.3, 0.4) is 0 Å². The van der Waals surface area contributed by atoms with Crippen LogP contribution in [-0.2, 0) is 4.79 Å². The Bertz CT molecular complexity index is 1260. The molecule has 0 aromatic heterocycles. The van der Waals surface area contributed by atoms with Gasteiger partial charge < -0.3 is 16.0 Å². The Labute approximate surface area is 221 Å². The molecule has 1 aliphatic heterocycles. The number of nitrogens with one attached hydrogen (secondary N) is 1. The van der Waals surface area contributed by atoms with Crippen molar-refractivity contribution in [2.75, 3.05) is 6.54 Å². The fourth-order valence-corrected chi connectivity index (χ4v) is 4.68. The van der Waals surface area contributed by atoms with Crippen LogP contribution in [0.5, 0.6) is 0 Å². The van der Waals surface area contributed by atoms with E-state index < -0.39 is 11.9 Å². The van der Waals surface area contributed by atoms with E-state index in [4.69, 9.17) is 33.9 Å². The van der Waals surface area contributed by atoms with Crippen LogP contribution < -0.4 is 11.1 Å². The van der Waals surface area contributed by atoms with Gasteiger partial charge in [-0.25, -0.2) is 4.99 Å². The fourth-order valence-electron chi connectivity index (χ4n) is 3.93. The van der Waals surface area contributed by atoms with Crippen molar-refractivity contribution in [1.29, 1.82) is 0 Å². The molecule has 2 atom stereocenters. The third-order valence-electron chi connectivity index (χ3n) is 5.60. The Morgan fingerprint density at radius 1 is 1.09 bits per heavy atom. The maximum atomic E-state index is 14.1. The van der Waals surface area contributed by atoms with Gasteiger partial charge in [-0.2, -0.15) is 0 Å². The van der Waals surface area contributed by atoms with Crippen LogP contribution >= 0.6 is 45.8 Å². The maximum Gasteiger partial charge on any atom is 0.257 e. The summed E-state index contributed by atoms with van der Waals surface area (Å²) in [7, 11) is 0. The zero-order chi connectivity index (χ0) is 24.4. The highest BCUT2D eigenvalue weighted by Gasteiger charge is 2.38. The van der Waals surface area contributed by atoms with E-state index in [-0.39, 0.29) is 18.5 Å². The van der Waals surface area contributed by atoms with Gasteiger partial charge in [-0.3, -0.25) is 9.59 Å². The number of aliphatic imine (C=N–C) groups is 1. The lowest BCUT2D eigenvalue weighted by molar-refractivity contribution is -0.117. The number of nitrogens with two attached hydrogens (primary N) is 1. The standard InChI is InChI=1S/C25H21Cl2IN4O2/c1-14(15-2-6-17(26)7-3-15)32-23(16-4-8-18(27)9-5-16)24(30-13-22(29)33)31-21-11-10-19(28)12-20(21)25(32)34/h2-12,14,23H,13H2,1H3,(H2,29,33)(H,30,31). The minimum Gasteiger partial charge on any atom is -0.368 e. The van der Waals surface area contributed by atoms with Crippen molar-refractivity contribution in [2.24, 2.45) is 10.7 Å². The molecule has 2 unspecified atom stereocenters. The third kappa shape index (κ3) is 5.21. The largest absolute Gasteiger partial charge is 0.368 e. The Balaban J connectivity index is 1.93. The Hall–Kier alpha value is -2.62. The van der Waals surface area contributed by atoms with Crippen LogP contribution in [-0.4, -0.2) is 29.1 Å². The van der Waals surface area contributed by atoms with Crippen LogP contribution in [0.15, 0.2) is 71.7 Å². The first-order valence-corrected chi connectivity index (χ1v) is 12.3. The van der Waals surface area contributed by atoms with E-state index >= 15 is 0 Å². The maximum absolute atomic E-state index is 14.1. The summed E-state index contributed by atoms with van der Waals surface area (Å²) in [6, 6.07) is 19.1. The monoisotopic (exact) mass is 606 g/mol. The Kier molecular flexibility index (Phi) is 7.45. The first-order valence-electron chi connectivity index (χ1n) is 10.5. The highest BCUT2D eigenvalue weighted by Crippen LogP contribution is 2.39. The highest BCUT2D eigenvalue weighted by molar-refractivity contribution is 14.1. The highest BCUT2D eigenvalue weighted by atomic mass is 127. The molecule has 1 aliphatic rings. The van der Waals surface area contributed by atoms with E-state index in [2.05, 4.69) is 27.9 Å². The molecule has 0 aliphatic carbocycles. The third-order valence-corrected chi connectivity index (χ3v) is 6.78. The molecule has 0 radical (unpaired) electrons. The topological polar surface area (TPSA) is 87.8 Å². The van der Waals surface area contributed by atoms with Gasteiger partial charge in [-0.05, 0) is 83.1 Å². The van der Waals surface area contributed by atoms with Gasteiger partial charge in [0.1, 0.15) is 11.9 Å². The molecule has 0 saturated heterocycles. The molecule has 1 heterocycles. The summed E-state index contributed by atoms with van der Waals surface area (Å²) in [5.41, 5.74) is 8.11. The second-order valence-corrected chi connectivity index (χ2v) is 9.99. The van der Waals surface area contributed by atoms with Gasteiger partial charge in [-0.15, -0.1) is 0 Å². The first-order chi connectivity index (χ1) is 16.2. The number of amidine groups is 1. The van der Waals surface area contributed by atoms with Gasteiger partial charge in [0.2, 0.25) is 5.91 Å². The number of carbonyl (C=O) groups excluding carboxylic acids is 2.